The Morgan fingerprint density at radius 2 is 2.29 bits per heavy atom. The van der Waals surface area contributed by atoms with Crippen LogP contribution in [0.3, 0.4) is 0 Å². The van der Waals surface area contributed by atoms with Crippen molar-refractivity contribution < 1.29 is 9.53 Å². The Morgan fingerprint density at radius 1 is 1.64 bits per heavy atom. The lowest BCUT2D eigenvalue weighted by Crippen LogP contribution is -2.44. The highest BCUT2D eigenvalue weighted by molar-refractivity contribution is 5.84. The Morgan fingerprint density at radius 3 is 2.71 bits per heavy atom. The third-order valence-corrected chi connectivity index (χ3v) is 2.59. The van der Waals surface area contributed by atoms with Crippen LogP contribution < -0.4 is 0 Å². The summed E-state index contributed by atoms with van der Waals surface area (Å²) < 4.78 is 5.20. The average Bonchev–Trinajstić information content (AvgIpc) is 2.68. The molecule has 0 aromatic carbocycles. The van der Waals surface area contributed by atoms with Crippen molar-refractivity contribution in [3.63, 3.8) is 0 Å². The van der Waals surface area contributed by atoms with Crippen molar-refractivity contribution in [2.75, 3.05) is 20.3 Å². The molecule has 1 fully saturated rings. The van der Waals surface area contributed by atoms with Crippen LogP contribution in [0.15, 0.2) is 0 Å². The van der Waals surface area contributed by atoms with Crippen molar-refractivity contribution in [2.45, 2.75) is 26.3 Å². The fourth-order valence-electron chi connectivity index (χ4n) is 1.48. The number of hydrogen-bond donors (Lipinski definition) is 0. The number of hydrogen-bond acceptors (Lipinski definition) is 3. The molecule has 1 saturated heterocycles. The second-order valence-electron chi connectivity index (χ2n) is 4.17. The van der Waals surface area contributed by atoms with E-state index < -0.39 is 5.41 Å². The van der Waals surface area contributed by atoms with Gasteiger partial charge >= 0.3 is 0 Å². The standard InChI is InChI=1S/C10H16N2O2/c1-10(2,7-11)9(13)12(3)8-4-5-14-6-8/h8H,4-6H2,1-3H3. The zero-order chi connectivity index (χ0) is 10.8. The van der Waals surface area contributed by atoms with Crippen molar-refractivity contribution in [3.8, 4) is 6.07 Å². The number of nitriles is 1. The fraction of sp³-hybridized carbons (Fsp3) is 0.800. The topological polar surface area (TPSA) is 53.3 Å². The lowest BCUT2D eigenvalue weighted by molar-refractivity contribution is -0.138. The van der Waals surface area contributed by atoms with Crippen molar-refractivity contribution in [2.24, 2.45) is 5.41 Å². The van der Waals surface area contributed by atoms with Crippen LogP contribution >= 0.6 is 0 Å². The molecule has 78 valence electrons. The molecule has 0 bridgehead atoms. The molecule has 1 rings (SSSR count). The molecule has 0 radical (unpaired) electrons. The van der Waals surface area contributed by atoms with Crippen molar-refractivity contribution >= 4 is 5.91 Å². The molecule has 0 aliphatic carbocycles. The van der Waals surface area contributed by atoms with Crippen LogP contribution in [0.2, 0.25) is 0 Å². The zero-order valence-corrected chi connectivity index (χ0v) is 8.91. The van der Waals surface area contributed by atoms with E-state index in [0.29, 0.717) is 13.2 Å². The van der Waals surface area contributed by atoms with Crippen LogP contribution in [0.1, 0.15) is 20.3 Å². The van der Waals surface area contributed by atoms with Gasteiger partial charge in [-0.1, -0.05) is 0 Å². The summed E-state index contributed by atoms with van der Waals surface area (Å²) in [5, 5.41) is 8.83. The largest absolute Gasteiger partial charge is 0.379 e. The van der Waals surface area contributed by atoms with Crippen LogP contribution in [0.5, 0.6) is 0 Å². The van der Waals surface area contributed by atoms with Crippen LogP contribution in [0, 0.1) is 16.7 Å². The van der Waals surface area contributed by atoms with Gasteiger partial charge in [0.25, 0.3) is 0 Å². The molecule has 0 aromatic rings. The summed E-state index contributed by atoms with van der Waals surface area (Å²) in [7, 11) is 1.74. The molecule has 1 amide bonds. The second kappa shape index (κ2) is 3.97. The fourth-order valence-corrected chi connectivity index (χ4v) is 1.48. The number of carbonyl (C=O) groups excluding carboxylic acids is 1. The van der Waals surface area contributed by atoms with Crippen LogP contribution in [0.4, 0.5) is 0 Å². The molecule has 4 nitrogen and oxygen atoms in total. The van der Waals surface area contributed by atoms with E-state index >= 15 is 0 Å². The Hall–Kier alpha value is -1.08. The van der Waals surface area contributed by atoms with Gasteiger partial charge in [-0.3, -0.25) is 4.79 Å². The molecule has 1 aliphatic heterocycles. The molecule has 0 saturated carbocycles. The number of nitrogens with zero attached hydrogens (tertiary/aromatic N) is 2. The van der Waals surface area contributed by atoms with E-state index in [1.807, 2.05) is 6.07 Å². The highest BCUT2D eigenvalue weighted by Crippen LogP contribution is 2.20. The van der Waals surface area contributed by atoms with Gasteiger partial charge in [0.1, 0.15) is 5.41 Å². The first-order valence-corrected chi connectivity index (χ1v) is 4.75. The molecule has 4 heteroatoms. The molecular weight excluding hydrogens is 180 g/mol. The van der Waals surface area contributed by atoms with Crippen molar-refractivity contribution in [1.29, 1.82) is 5.26 Å². The Labute approximate surface area is 84.4 Å². The molecule has 0 spiro atoms. The molecule has 1 aliphatic rings. The molecule has 1 unspecified atom stereocenters. The summed E-state index contributed by atoms with van der Waals surface area (Å²) in [4.78, 5) is 13.5. The highest BCUT2D eigenvalue weighted by Gasteiger charge is 2.34. The van der Waals surface area contributed by atoms with E-state index in [2.05, 4.69) is 0 Å². The highest BCUT2D eigenvalue weighted by atomic mass is 16.5. The zero-order valence-electron chi connectivity index (χ0n) is 8.91. The van der Waals surface area contributed by atoms with Gasteiger partial charge in [-0.2, -0.15) is 5.26 Å². The minimum atomic E-state index is -0.933. The molecule has 1 atom stereocenters. The van der Waals surface area contributed by atoms with Gasteiger partial charge in [-0.05, 0) is 20.3 Å². The molecule has 14 heavy (non-hydrogen) atoms. The first kappa shape index (κ1) is 11.0. The van der Waals surface area contributed by atoms with E-state index in [1.54, 1.807) is 25.8 Å². The minimum Gasteiger partial charge on any atom is -0.379 e. The van der Waals surface area contributed by atoms with Crippen molar-refractivity contribution in [1.82, 2.24) is 4.90 Å². The van der Waals surface area contributed by atoms with E-state index in [4.69, 9.17) is 10.00 Å². The maximum Gasteiger partial charge on any atom is 0.242 e. The normalized spacial score (nSPS) is 21.7. The van der Waals surface area contributed by atoms with E-state index in [0.717, 1.165) is 6.42 Å². The van der Waals surface area contributed by atoms with E-state index in [-0.39, 0.29) is 11.9 Å². The molecule has 1 heterocycles. The Balaban J connectivity index is 2.65. The van der Waals surface area contributed by atoms with E-state index in [9.17, 15) is 4.79 Å². The maximum absolute atomic E-state index is 11.8. The van der Waals surface area contributed by atoms with Crippen molar-refractivity contribution in [3.05, 3.63) is 0 Å². The van der Waals surface area contributed by atoms with Gasteiger partial charge in [0.15, 0.2) is 0 Å². The molecular formula is C10H16N2O2. The molecule has 0 aromatic heterocycles. The van der Waals surface area contributed by atoms with E-state index in [1.165, 1.54) is 0 Å². The lowest BCUT2D eigenvalue weighted by atomic mass is 9.93. The minimum absolute atomic E-state index is 0.129. The average molecular weight is 196 g/mol. The number of ether oxygens (including phenoxy) is 1. The lowest BCUT2D eigenvalue weighted by Gasteiger charge is -2.28. The smallest absolute Gasteiger partial charge is 0.242 e. The van der Waals surface area contributed by atoms with Gasteiger partial charge in [0.2, 0.25) is 5.91 Å². The molecule has 0 N–H and O–H groups in total. The summed E-state index contributed by atoms with van der Waals surface area (Å²) in [6, 6.07) is 2.15. The number of likely N-dealkylation sites (N-methyl/N-ethyl adjacent to an activating group) is 1. The second-order valence-corrected chi connectivity index (χ2v) is 4.17. The van der Waals surface area contributed by atoms with Crippen LogP contribution in [-0.2, 0) is 9.53 Å². The number of amides is 1. The summed E-state index contributed by atoms with van der Waals surface area (Å²) >= 11 is 0. The summed E-state index contributed by atoms with van der Waals surface area (Å²) in [6.45, 7) is 4.57. The summed E-state index contributed by atoms with van der Waals surface area (Å²) in [5.74, 6) is -0.129. The quantitative estimate of drug-likeness (QED) is 0.656. The summed E-state index contributed by atoms with van der Waals surface area (Å²) in [5.41, 5.74) is -0.933. The van der Waals surface area contributed by atoms with Gasteiger partial charge in [-0.25, -0.2) is 0 Å². The summed E-state index contributed by atoms with van der Waals surface area (Å²) in [6.07, 6.45) is 0.865. The Kier molecular flexibility index (Phi) is 3.12. The van der Waals surface area contributed by atoms with Gasteiger partial charge < -0.3 is 9.64 Å². The third-order valence-electron chi connectivity index (χ3n) is 2.59. The SMILES string of the molecule is CN(C(=O)C(C)(C)C#N)C1CCOC1. The monoisotopic (exact) mass is 196 g/mol. The number of carbonyl (C=O) groups is 1. The van der Waals surface area contributed by atoms with Gasteiger partial charge in [0.05, 0.1) is 18.7 Å². The number of rotatable bonds is 2. The van der Waals surface area contributed by atoms with Crippen LogP contribution in [-0.4, -0.2) is 37.1 Å². The van der Waals surface area contributed by atoms with Gasteiger partial charge in [0, 0.05) is 13.7 Å². The predicted octanol–water partition coefficient (Wildman–Crippen LogP) is 0.783. The van der Waals surface area contributed by atoms with Gasteiger partial charge in [-0.15, -0.1) is 0 Å². The first-order chi connectivity index (χ1) is 6.49. The maximum atomic E-state index is 11.8. The third kappa shape index (κ3) is 2.05. The van der Waals surface area contributed by atoms with Crippen LogP contribution in [0.25, 0.3) is 0 Å². The first-order valence-electron chi connectivity index (χ1n) is 4.75. The predicted molar refractivity (Wildman–Crippen MR) is 51.4 cm³/mol. The Bertz CT molecular complexity index is 262.